The Morgan fingerprint density at radius 2 is 1.75 bits per heavy atom. The first-order valence-electron chi connectivity index (χ1n) is 1.88. The maximum absolute atomic E-state index is 11.0. The summed E-state index contributed by atoms with van der Waals surface area (Å²) in [5.74, 6) is 0. The quantitative estimate of drug-likeness (QED) is 0.475. The summed E-state index contributed by atoms with van der Waals surface area (Å²) in [6.07, 6.45) is -5.17. The molecule has 0 amide bonds. The Balaban J connectivity index is 3.39. The van der Waals surface area contributed by atoms with E-state index in [9.17, 15) is 17.6 Å². The van der Waals surface area contributed by atoms with Crippen molar-refractivity contribution in [3.63, 3.8) is 0 Å². The molecule has 0 N–H and O–H groups in total. The van der Waals surface area contributed by atoms with Crippen LogP contribution in [0.4, 0.5) is 17.6 Å². The van der Waals surface area contributed by atoms with Gasteiger partial charge in [-0.3, -0.25) is 0 Å². The van der Waals surface area contributed by atoms with Crippen molar-refractivity contribution in [2.24, 2.45) is 0 Å². The van der Waals surface area contributed by atoms with Crippen molar-refractivity contribution in [1.82, 2.24) is 0 Å². The van der Waals surface area contributed by atoms with Crippen LogP contribution < -0.4 is 0 Å². The molecule has 0 aromatic heterocycles. The minimum absolute atomic E-state index is 0.118. The largest absolute Gasteiger partial charge is 0.392 e. The molecule has 0 fully saturated rings. The zero-order chi connectivity index (χ0) is 6.62. The predicted octanol–water partition coefficient (Wildman–Crippen LogP) is 2.42. The summed E-state index contributed by atoms with van der Waals surface area (Å²) in [6, 6.07) is 0. The minimum Gasteiger partial charge on any atom is -0.216 e. The van der Waals surface area contributed by atoms with Gasteiger partial charge in [-0.1, -0.05) is 0 Å². The SMILES string of the molecule is FC=CCC(F)(F)F. The van der Waals surface area contributed by atoms with E-state index in [-0.39, 0.29) is 6.33 Å². The molecule has 0 unspecified atom stereocenters. The van der Waals surface area contributed by atoms with Crippen LogP contribution in [0.5, 0.6) is 0 Å². The third kappa shape index (κ3) is 5.46. The molecule has 4 heteroatoms. The minimum atomic E-state index is -4.28. The lowest BCUT2D eigenvalue weighted by Crippen LogP contribution is -2.03. The van der Waals surface area contributed by atoms with Crippen molar-refractivity contribution in [2.75, 3.05) is 0 Å². The second-order valence-electron chi connectivity index (χ2n) is 1.18. The van der Waals surface area contributed by atoms with Gasteiger partial charge < -0.3 is 0 Å². The van der Waals surface area contributed by atoms with Crippen molar-refractivity contribution in [3.8, 4) is 0 Å². The van der Waals surface area contributed by atoms with Crippen molar-refractivity contribution in [1.29, 1.82) is 0 Å². The van der Waals surface area contributed by atoms with Crippen LogP contribution in [0, 0.1) is 0 Å². The maximum Gasteiger partial charge on any atom is 0.392 e. The number of allylic oxidation sites excluding steroid dienone is 1. The van der Waals surface area contributed by atoms with E-state index in [0.717, 1.165) is 0 Å². The second kappa shape index (κ2) is 2.69. The van der Waals surface area contributed by atoms with Gasteiger partial charge in [0.05, 0.1) is 12.8 Å². The van der Waals surface area contributed by atoms with Crippen LogP contribution in [0.25, 0.3) is 0 Å². The fourth-order valence-electron chi connectivity index (χ4n) is 0.178. The van der Waals surface area contributed by atoms with Gasteiger partial charge in [-0.25, -0.2) is 4.39 Å². The van der Waals surface area contributed by atoms with E-state index < -0.39 is 12.6 Å². The summed E-state index contributed by atoms with van der Waals surface area (Å²) in [6.45, 7) is 0. The van der Waals surface area contributed by atoms with Gasteiger partial charge in [-0.05, 0) is 6.08 Å². The van der Waals surface area contributed by atoms with Crippen molar-refractivity contribution in [2.45, 2.75) is 12.6 Å². The number of halogens is 4. The maximum atomic E-state index is 11.0. The van der Waals surface area contributed by atoms with Gasteiger partial charge in [0.15, 0.2) is 0 Å². The fraction of sp³-hybridized carbons (Fsp3) is 0.500. The van der Waals surface area contributed by atoms with Gasteiger partial charge >= 0.3 is 6.18 Å². The summed E-state index contributed by atoms with van der Waals surface area (Å²) in [4.78, 5) is 0. The summed E-state index contributed by atoms with van der Waals surface area (Å²) in [7, 11) is 0. The van der Waals surface area contributed by atoms with Crippen LogP contribution in [0.3, 0.4) is 0 Å². The molecule has 0 atom stereocenters. The molecule has 0 spiro atoms. The molecule has 8 heavy (non-hydrogen) atoms. The Bertz CT molecular complexity index is 80.5. The van der Waals surface area contributed by atoms with Gasteiger partial charge in [0.2, 0.25) is 0 Å². The van der Waals surface area contributed by atoms with E-state index >= 15 is 0 Å². The molecule has 0 rings (SSSR count). The third-order valence-corrected chi connectivity index (χ3v) is 0.438. The molecule has 0 bridgehead atoms. The summed E-state index contributed by atoms with van der Waals surface area (Å²) >= 11 is 0. The lowest BCUT2D eigenvalue weighted by molar-refractivity contribution is -0.125. The zero-order valence-corrected chi connectivity index (χ0v) is 3.87. The smallest absolute Gasteiger partial charge is 0.216 e. The Labute approximate surface area is 43.8 Å². The van der Waals surface area contributed by atoms with Crippen LogP contribution in [0.1, 0.15) is 6.42 Å². The van der Waals surface area contributed by atoms with Crippen LogP contribution in [-0.2, 0) is 0 Å². The Morgan fingerprint density at radius 3 is 1.88 bits per heavy atom. The first-order valence-corrected chi connectivity index (χ1v) is 1.88. The second-order valence-corrected chi connectivity index (χ2v) is 1.18. The van der Waals surface area contributed by atoms with Crippen LogP contribution in [0.2, 0.25) is 0 Å². The molecule has 0 aliphatic rings. The van der Waals surface area contributed by atoms with Gasteiger partial charge in [-0.2, -0.15) is 13.2 Å². The van der Waals surface area contributed by atoms with Gasteiger partial charge in [-0.15, -0.1) is 0 Å². The third-order valence-electron chi connectivity index (χ3n) is 0.438. The van der Waals surface area contributed by atoms with E-state index in [1.165, 1.54) is 0 Å². The standard InChI is InChI=1S/C4H4F4/c5-3-1-2-4(6,7)8/h1,3H,2H2. The topological polar surface area (TPSA) is 0 Å². The number of hydrogen-bond donors (Lipinski definition) is 0. The zero-order valence-electron chi connectivity index (χ0n) is 3.87. The predicted molar refractivity (Wildman–Crippen MR) is 20.9 cm³/mol. The van der Waals surface area contributed by atoms with E-state index in [0.29, 0.717) is 6.08 Å². The van der Waals surface area contributed by atoms with E-state index in [1.807, 2.05) is 0 Å². The van der Waals surface area contributed by atoms with E-state index in [4.69, 9.17) is 0 Å². The highest BCUT2D eigenvalue weighted by molar-refractivity contribution is 4.75. The molecule has 0 nitrogen and oxygen atoms in total. The summed E-state index contributed by atoms with van der Waals surface area (Å²) in [5.41, 5.74) is 0. The Kier molecular flexibility index (Phi) is 2.51. The lowest BCUT2D eigenvalue weighted by atomic mass is 10.4. The summed E-state index contributed by atoms with van der Waals surface area (Å²) in [5, 5.41) is 0. The molecule has 48 valence electrons. The molecule has 0 radical (unpaired) electrons. The van der Waals surface area contributed by atoms with Crippen LogP contribution in [-0.4, -0.2) is 6.18 Å². The Hall–Kier alpha value is -0.540. The highest BCUT2D eigenvalue weighted by atomic mass is 19.4. The molecule has 0 aliphatic heterocycles. The van der Waals surface area contributed by atoms with Gasteiger partial charge in [0.25, 0.3) is 0 Å². The van der Waals surface area contributed by atoms with Crippen molar-refractivity contribution < 1.29 is 17.6 Å². The molecule has 0 heterocycles. The average Bonchev–Trinajstić information content (AvgIpc) is 1.59. The number of rotatable bonds is 1. The number of alkyl halides is 3. The normalized spacial score (nSPS) is 13.0. The average molecular weight is 128 g/mol. The summed E-state index contributed by atoms with van der Waals surface area (Å²) < 4.78 is 43.9. The molecule has 0 saturated heterocycles. The van der Waals surface area contributed by atoms with Crippen molar-refractivity contribution >= 4 is 0 Å². The molecule has 0 aliphatic carbocycles. The van der Waals surface area contributed by atoms with E-state index in [2.05, 4.69) is 0 Å². The molecule has 0 aromatic rings. The number of hydrogen-bond acceptors (Lipinski definition) is 0. The highest BCUT2D eigenvalue weighted by Gasteiger charge is 2.24. The van der Waals surface area contributed by atoms with Gasteiger partial charge in [0.1, 0.15) is 0 Å². The lowest BCUT2D eigenvalue weighted by Gasteiger charge is -1.98. The van der Waals surface area contributed by atoms with Crippen LogP contribution >= 0.6 is 0 Å². The molecule has 0 aromatic carbocycles. The van der Waals surface area contributed by atoms with Crippen LogP contribution in [0.15, 0.2) is 12.4 Å². The highest BCUT2D eigenvalue weighted by Crippen LogP contribution is 2.19. The monoisotopic (exact) mass is 128 g/mol. The molecule has 0 saturated carbocycles. The van der Waals surface area contributed by atoms with Crippen molar-refractivity contribution in [3.05, 3.63) is 12.4 Å². The molecular formula is C4H4F4. The first-order chi connectivity index (χ1) is 3.56. The van der Waals surface area contributed by atoms with E-state index in [1.54, 1.807) is 0 Å². The Morgan fingerprint density at radius 1 is 1.25 bits per heavy atom. The first kappa shape index (κ1) is 7.46. The fourth-order valence-corrected chi connectivity index (χ4v) is 0.178. The molecular weight excluding hydrogens is 124 g/mol. The van der Waals surface area contributed by atoms with Gasteiger partial charge in [0, 0.05) is 0 Å².